The monoisotopic (exact) mass is 387 g/mol. The van der Waals surface area contributed by atoms with Gasteiger partial charge in [0.2, 0.25) is 9.84 Å². The van der Waals surface area contributed by atoms with Gasteiger partial charge in [0.1, 0.15) is 11.6 Å². The molecule has 1 aromatic heterocycles. The summed E-state index contributed by atoms with van der Waals surface area (Å²) in [6.07, 6.45) is 0.963. The van der Waals surface area contributed by atoms with Crippen molar-refractivity contribution in [3.05, 3.63) is 35.7 Å². The number of rotatable bonds is 4. The molecule has 1 aromatic carbocycles. The molecule has 0 aliphatic carbocycles. The Morgan fingerprint density at radius 3 is 2.27 bits per heavy atom. The third kappa shape index (κ3) is 4.05. The molecule has 140 valence electrons. The molecule has 0 saturated carbocycles. The lowest BCUT2D eigenvalue weighted by molar-refractivity contribution is 0.448. The van der Waals surface area contributed by atoms with Gasteiger partial charge in [-0.1, -0.05) is 0 Å². The van der Waals surface area contributed by atoms with E-state index in [2.05, 4.69) is 20.6 Å². The first kappa shape index (κ1) is 18.4. The second-order valence-corrected chi connectivity index (χ2v) is 7.69. The van der Waals surface area contributed by atoms with Crippen LogP contribution >= 0.6 is 0 Å². The van der Waals surface area contributed by atoms with Gasteiger partial charge in [-0.2, -0.15) is 0 Å². The Bertz CT molecular complexity index is 910. The van der Waals surface area contributed by atoms with E-state index >= 15 is 0 Å². The number of benzene rings is 1. The van der Waals surface area contributed by atoms with Crippen molar-refractivity contribution in [1.82, 2.24) is 15.3 Å². The molecule has 11 heteroatoms. The van der Waals surface area contributed by atoms with E-state index in [9.17, 15) is 21.6 Å². The fourth-order valence-corrected chi connectivity index (χ4v) is 3.00. The summed E-state index contributed by atoms with van der Waals surface area (Å²) in [6.45, 7) is 2.63. The molecule has 0 spiro atoms. The molecule has 2 N–H and O–H groups in total. The molecular weight excluding hydrogens is 371 g/mol. The summed E-state index contributed by atoms with van der Waals surface area (Å²) in [4.78, 5) is 9.82. The van der Waals surface area contributed by atoms with Gasteiger partial charge in [-0.15, -0.1) is 0 Å². The summed E-state index contributed by atoms with van der Waals surface area (Å²) in [7, 11) is -3.71. The Morgan fingerprint density at radius 2 is 1.69 bits per heavy atom. The van der Waals surface area contributed by atoms with Crippen LogP contribution in [0.1, 0.15) is 0 Å². The van der Waals surface area contributed by atoms with Crippen molar-refractivity contribution in [3.8, 4) is 0 Å². The average molecular weight is 387 g/mol. The highest BCUT2D eigenvalue weighted by Crippen LogP contribution is 2.24. The summed E-state index contributed by atoms with van der Waals surface area (Å²) in [6, 6.07) is 2.98. The first-order valence-electron chi connectivity index (χ1n) is 7.70. The van der Waals surface area contributed by atoms with Gasteiger partial charge >= 0.3 is 0 Å². The number of hydrogen-bond acceptors (Lipinski definition) is 7. The fraction of sp³-hybridized carbons (Fsp3) is 0.333. The smallest absolute Gasteiger partial charge is 0.250 e. The van der Waals surface area contributed by atoms with Crippen molar-refractivity contribution in [2.45, 2.75) is 5.16 Å². The van der Waals surface area contributed by atoms with Gasteiger partial charge in [-0.05, 0) is 0 Å². The van der Waals surface area contributed by atoms with Gasteiger partial charge in [0, 0.05) is 56.3 Å². The van der Waals surface area contributed by atoms with E-state index in [1.54, 1.807) is 0 Å². The SMILES string of the molecule is CS(=O)(=O)c1nc(Nc2cc(F)c(F)c(F)c2)cc(N2CCNCC2)n1. The van der Waals surface area contributed by atoms with Crippen molar-refractivity contribution in [2.24, 2.45) is 0 Å². The zero-order chi connectivity index (χ0) is 18.9. The average Bonchev–Trinajstić information content (AvgIpc) is 2.59. The normalized spacial score (nSPS) is 15.2. The highest BCUT2D eigenvalue weighted by Gasteiger charge is 2.19. The van der Waals surface area contributed by atoms with E-state index in [-0.39, 0.29) is 11.5 Å². The molecule has 0 amide bonds. The van der Waals surface area contributed by atoms with E-state index in [4.69, 9.17) is 0 Å². The van der Waals surface area contributed by atoms with Gasteiger partial charge < -0.3 is 15.5 Å². The summed E-state index contributed by atoms with van der Waals surface area (Å²) >= 11 is 0. The first-order valence-corrected chi connectivity index (χ1v) is 9.59. The van der Waals surface area contributed by atoms with Crippen molar-refractivity contribution < 1.29 is 21.6 Å². The molecule has 0 unspecified atom stereocenters. The molecule has 0 atom stereocenters. The minimum atomic E-state index is -3.71. The van der Waals surface area contributed by atoms with Crippen molar-refractivity contribution >= 4 is 27.2 Å². The number of nitrogens with one attached hydrogen (secondary N) is 2. The lowest BCUT2D eigenvalue weighted by Gasteiger charge is -2.28. The summed E-state index contributed by atoms with van der Waals surface area (Å²) in [5.41, 5.74) is -0.106. The molecule has 2 aromatic rings. The van der Waals surface area contributed by atoms with Crippen LogP contribution in [0.2, 0.25) is 0 Å². The number of piperazine rings is 1. The topological polar surface area (TPSA) is 87.2 Å². The molecule has 1 fully saturated rings. The predicted molar refractivity (Wildman–Crippen MR) is 89.8 cm³/mol. The lowest BCUT2D eigenvalue weighted by Crippen LogP contribution is -2.44. The maximum absolute atomic E-state index is 13.4. The molecule has 2 heterocycles. The zero-order valence-corrected chi connectivity index (χ0v) is 14.6. The van der Waals surface area contributed by atoms with Crippen LogP contribution in [0.3, 0.4) is 0 Å². The molecular formula is C15H16F3N5O2S. The molecule has 1 aliphatic heterocycles. The number of aromatic nitrogens is 2. The summed E-state index contributed by atoms with van der Waals surface area (Å²) < 4.78 is 63.6. The number of nitrogens with zero attached hydrogens (tertiary/aromatic N) is 3. The quantitative estimate of drug-likeness (QED) is 0.607. The maximum Gasteiger partial charge on any atom is 0.250 e. The van der Waals surface area contributed by atoms with Gasteiger partial charge in [0.25, 0.3) is 5.16 Å². The lowest BCUT2D eigenvalue weighted by atomic mass is 10.3. The fourth-order valence-electron chi connectivity index (χ4n) is 2.47. The Labute approximate surface area is 148 Å². The standard InChI is InChI=1S/C15H16F3N5O2S/c1-26(24,25)15-21-12(8-13(22-15)23-4-2-19-3-5-23)20-9-6-10(16)14(18)11(17)7-9/h6-8,19H,2-5H2,1H3,(H,20,21,22). The second kappa shape index (κ2) is 7.08. The minimum absolute atomic E-state index is 0.0272. The van der Waals surface area contributed by atoms with Gasteiger partial charge in [-0.3, -0.25) is 0 Å². The van der Waals surface area contributed by atoms with E-state index in [0.717, 1.165) is 18.4 Å². The first-order chi connectivity index (χ1) is 12.2. The van der Waals surface area contributed by atoms with Crippen LogP contribution in [-0.2, 0) is 9.84 Å². The van der Waals surface area contributed by atoms with Gasteiger partial charge in [0.15, 0.2) is 17.5 Å². The molecule has 7 nitrogen and oxygen atoms in total. The molecule has 1 aliphatic rings. The van der Waals surface area contributed by atoms with Crippen LogP contribution in [0.15, 0.2) is 23.4 Å². The third-order valence-electron chi connectivity index (χ3n) is 3.72. The highest BCUT2D eigenvalue weighted by molar-refractivity contribution is 7.90. The predicted octanol–water partition coefficient (Wildman–Crippen LogP) is 1.45. The molecule has 3 rings (SSSR count). The Kier molecular flexibility index (Phi) is 5.01. The van der Waals surface area contributed by atoms with Crippen LogP contribution < -0.4 is 15.5 Å². The minimum Gasteiger partial charge on any atom is -0.354 e. The summed E-state index contributed by atoms with van der Waals surface area (Å²) in [5, 5.41) is 5.35. The summed E-state index contributed by atoms with van der Waals surface area (Å²) in [5.74, 6) is -3.93. The van der Waals surface area contributed by atoms with Crippen LogP contribution in [0.4, 0.5) is 30.5 Å². The largest absolute Gasteiger partial charge is 0.354 e. The van der Waals surface area contributed by atoms with E-state index in [0.29, 0.717) is 32.0 Å². The highest BCUT2D eigenvalue weighted by atomic mass is 32.2. The van der Waals surface area contributed by atoms with Gasteiger partial charge in [0.05, 0.1) is 0 Å². The van der Waals surface area contributed by atoms with E-state index in [1.807, 2.05) is 4.90 Å². The Balaban J connectivity index is 2.00. The Hall–Kier alpha value is -2.40. The molecule has 0 radical (unpaired) electrons. The van der Waals surface area contributed by atoms with Crippen LogP contribution in [0.5, 0.6) is 0 Å². The number of sulfone groups is 1. The Morgan fingerprint density at radius 1 is 1.08 bits per heavy atom. The van der Waals surface area contributed by atoms with Crippen molar-refractivity contribution in [1.29, 1.82) is 0 Å². The molecule has 1 saturated heterocycles. The van der Waals surface area contributed by atoms with Crippen LogP contribution in [-0.4, -0.2) is 50.8 Å². The van der Waals surface area contributed by atoms with Crippen molar-refractivity contribution in [2.75, 3.05) is 42.7 Å². The van der Waals surface area contributed by atoms with Crippen LogP contribution in [0.25, 0.3) is 0 Å². The molecule has 0 bridgehead atoms. The number of hydrogen-bond donors (Lipinski definition) is 2. The van der Waals surface area contributed by atoms with E-state index in [1.165, 1.54) is 6.07 Å². The second-order valence-electron chi connectivity index (χ2n) is 5.78. The van der Waals surface area contributed by atoms with Gasteiger partial charge in [-0.25, -0.2) is 31.6 Å². The van der Waals surface area contributed by atoms with Crippen molar-refractivity contribution in [3.63, 3.8) is 0 Å². The maximum atomic E-state index is 13.4. The number of anilines is 3. The van der Waals surface area contributed by atoms with E-state index < -0.39 is 32.4 Å². The van der Waals surface area contributed by atoms with Crippen LogP contribution in [0, 0.1) is 17.5 Å². The molecule has 26 heavy (non-hydrogen) atoms. The number of halogens is 3. The zero-order valence-electron chi connectivity index (χ0n) is 13.8. The third-order valence-corrected chi connectivity index (χ3v) is 4.57.